The largest absolute Gasteiger partial charge is 1.00 e. The van der Waals surface area contributed by atoms with Crippen molar-refractivity contribution in [2.45, 2.75) is 20.1 Å². The molecule has 3 aliphatic rings. The van der Waals surface area contributed by atoms with Crippen LogP contribution in [0.5, 0.6) is 0 Å². The van der Waals surface area contributed by atoms with E-state index >= 15 is 0 Å². The Balaban J connectivity index is 0.00000102. The van der Waals surface area contributed by atoms with Gasteiger partial charge in [0.15, 0.2) is 0 Å². The van der Waals surface area contributed by atoms with Gasteiger partial charge in [-0.25, -0.2) is 0 Å². The van der Waals surface area contributed by atoms with Crippen LogP contribution in [0.1, 0.15) is 42.3 Å². The normalized spacial score (nSPS) is 19.9. The van der Waals surface area contributed by atoms with Crippen LogP contribution in [0.25, 0.3) is 33.7 Å². The first-order valence-electron chi connectivity index (χ1n) is 10.6. The van der Waals surface area contributed by atoms with E-state index in [-0.39, 0.29) is 24.8 Å². The number of halogens is 2. The molecule has 0 bridgehead atoms. The molecule has 2 unspecified atom stereocenters. The van der Waals surface area contributed by atoms with E-state index in [1.807, 2.05) is 0 Å². The van der Waals surface area contributed by atoms with Gasteiger partial charge in [0, 0.05) is 0 Å². The molecule has 2 atom stereocenters. The zero-order valence-corrected chi connectivity index (χ0v) is 20.9. The van der Waals surface area contributed by atoms with Crippen molar-refractivity contribution in [3.8, 4) is 0 Å². The number of allylic oxidation sites excluding steroid dienone is 2. The number of fused-ring (bicyclic) bond motifs is 10. The van der Waals surface area contributed by atoms with Crippen molar-refractivity contribution in [1.82, 2.24) is 0 Å². The van der Waals surface area contributed by atoms with Crippen molar-refractivity contribution in [3.05, 3.63) is 106 Å². The topological polar surface area (TPSA) is 0 Å². The van der Waals surface area contributed by atoms with Crippen molar-refractivity contribution < 1.29 is 48.0 Å². The summed E-state index contributed by atoms with van der Waals surface area (Å²) in [5.41, 5.74) is 9.74. The Bertz CT molecular complexity index is 1290. The number of benzene rings is 4. The number of hydrogen-bond donors (Lipinski definition) is 0. The first-order chi connectivity index (χ1) is 14.4. The minimum Gasteiger partial charge on any atom is -1.00 e. The van der Waals surface area contributed by atoms with Crippen LogP contribution in [-0.4, -0.2) is 0 Å². The van der Waals surface area contributed by atoms with Crippen LogP contribution in [0.2, 0.25) is 0 Å². The Morgan fingerprint density at radius 2 is 1.00 bits per heavy atom. The second-order valence-corrected chi connectivity index (χ2v) is 12.2. The van der Waals surface area contributed by atoms with Crippen LogP contribution in [-0.2, 0) is 23.2 Å². The van der Waals surface area contributed by atoms with Gasteiger partial charge in [-0.15, -0.1) is 0 Å². The summed E-state index contributed by atoms with van der Waals surface area (Å²) in [6.45, 7) is 0. The fourth-order valence-corrected chi connectivity index (χ4v) is 10.8. The molecule has 4 aromatic carbocycles. The summed E-state index contributed by atoms with van der Waals surface area (Å²) in [5, 5.41) is 5.64. The van der Waals surface area contributed by atoms with Crippen molar-refractivity contribution >= 4 is 33.7 Å². The third-order valence-electron chi connectivity index (χ3n) is 7.07. The maximum Gasteiger partial charge on any atom is -1.00 e. The van der Waals surface area contributed by atoms with Crippen LogP contribution in [0.15, 0.2) is 83.9 Å². The van der Waals surface area contributed by atoms with Gasteiger partial charge in [0.25, 0.3) is 0 Å². The molecule has 0 aromatic heterocycles. The van der Waals surface area contributed by atoms with Gasteiger partial charge in [-0.05, 0) is 0 Å². The third kappa shape index (κ3) is 3.12. The monoisotopic (exact) mass is 516 g/mol. The molecular formula is C28H20Cl2Zr. The van der Waals surface area contributed by atoms with E-state index in [9.17, 15) is 0 Å². The zero-order valence-electron chi connectivity index (χ0n) is 16.9. The van der Waals surface area contributed by atoms with Gasteiger partial charge < -0.3 is 24.8 Å². The van der Waals surface area contributed by atoms with Crippen LogP contribution >= 0.6 is 0 Å². The van der Waals surface area contributed by atoms with Crippen LogP contribution < -0.4 is 24.8 Å². The predicted octanol–water partition coefficient (Wildman–Crippen LogP) is 1.45. The van der Waals surface area contributed by atoms with Crippen molar-refractivity contribution in [2.75, 3.05) is 0 Å². The summed E-state index contributed by atoms with van der Waals surface area (Å²) >= 11 is -0.707. The first kappa shape index (κ1) is 21.2. The first-order valence-corrected chi connectivity index (χ1v) is 13.4. The van der Waals surface area contributed by atoms with E-state index in [0.29, 0.717) is 0 Å². The molecule has 150 valence electrons. The van der Waals surface area contributed by atoms with Gasteiger partial charge in [-0.1, -0.05) is 0 Å². The van der Waals surface area contributed by atoms with E-state index in [1.54, 1.807) is 22.3 Å². The minimum absolute atomic E-state index is 0. The smallest absolute Gasteiger partial charge is 1.00 e. The molecule has 1 fully saturated rings. The molecule has 1 heterocycles. The van der Waals surface area contributed by atoms with Crippen molar-refractivity contribution in [1.29, 1.82) is 0 Å². The molecule has 0 amide bonds. The van der Waals surface area contributed by atoms with Gasteiger partial charge in [-0.3, -0.25) is 0 Å². The maximum atomic E-state index is 2.56. The van der Waals surface area contributed by atoms with E-state index in [2.05, 4.69) is 84.9 Å². The van der Waals surface area contributed by atoms with Crippen LogP contribution in [0.3, 0.4) is 0 Å². The standard InChI is InChI=1S/C28H20.2ClH.Zr/c1-3-7-25-21(5-1)11-13-23-15-19(17-27(23)25)9-10-20-16-24-14-12-22-6-2-4-8-26(22)28(24)18-20;;;/h1-8,11-18H,9-10H2;2*1H;/q;;;+2/p-2. The molecule has 3 heteroatoms. The molecule has 0 N–H and O–H groups in total. The van der Waals surface area contributed by atoms with E-state index in [4.69, 9.17) is 0 Å². The Kier molecular flexibility index (Phi) is 5.50. The number of rotatable bonds is 0. The minimum atomic E-state index is -0.707. The van der Waals surface area contributed by atoms with Crippen molar-refractivity contribution in [3.63, 3.8) is 0 Å². The Morgan fingerprint density at radius 1 is 0.548 bits per heavy atom. The Hall–Kier alpha value is -1.66. The average Bonchev–Trinajstić information content (AvgIpc) is 3.26. The molecule has 0 nitrogen and oxygen atoms in total. The van der Waals surface area contributed by atoms with E-state index < -0.39 is 23.2 Å². The Morgan fingerprint density at radius 3 is 1.48 bits per heavy atom. The van der Waals surface area contributed by atoms with Gasteiger partial charge in [0.2, 0.25) is 0 Å². The molecule has 7 rings (SSSR count). The molecule has 31 heavy (non-hydrogen) atoms. The quantitative estimate of drug-likeness (QED) is 0.331. The van der Waals surface area contributed by atoms with Gasteiger partial charge in [0.1, 0.15) is 0 Å². The van der Waals surface area contributed by atoms with Gasteiger partial charge in [0.05, 0.1) is 0 Å². The van der Waals surface area contributed by atoms with Crippen LogP contribution in [0.4, 0.5) is 0 Å². The fraction of sp³-hybridized carbons (Fsp3) is 0.143. The van der Waals surface area contributed by atoms with Gasteiger partial charge >= 0.3 is 183 Å². The summed E-state index contributed by atoms with van der Waals surface area (Å²) in [6.07, 6.45) is 7.60. The molecule has 0 spiro atoms. The van der Waals surface area contributed by atoms with Gasteiger partial charge in [-0.2, -0.15) is 0 Å². The van der Waals surface area contributed by atoms with Crippen LogP contribution in [0, 0.1) is 0 Å². The molecule has 0 radical (unpaired) electrons. The number of hydrogen-bond acceptors (Lipinski definition) is 0. The zero-order chi connectivity index (χ0) is 18.9. The molecule has 1 aliphatic heterocycles. The summed E-state index contributed by atoms with van der Waals surface area (Å²) in [5.74, 6) is 0. The molecule has 0 saturated carbocycles. The molecule has 2 aliphatic carbocycles. The molecular weight excluding hydrogens is 498 g/mol. The Labute approximate surface area is 206 Å². The summed E-state index contributed by atoms with van der Waals surface area (Å²) in [6, 6.07) is 27.4. The second kappa shape index (κ2) is 8.04. The summed E-state index contributed by atoms with van der Waals surface area (Å²) in [7, 11) is 0. The summed E-state index contributed by atoms with van der Waals surface area (Å²) < 4.78 is 1.48. The predicted molar refractivity (Wildman–Crippen MR) is 119 cm³/mol. The third-order valence-corrected chi connectivity index (χ3v) is 12.1. The summed E-state index contributed by atoms with van der Waals surface area (Å²) in [4.78, 5) is 0. The van der Waals surface area contributed by atoms with E-state index in [1.165, 1.54) is 45.5 Å². The van der Waals surface area contributed by atoms with Crippen molar-refractivity contribution in [2.24, 2.45) is 0 Å². The fourth-order valence-electron chi connectivity index (χ4n) is 5.67. The maximum absolute atomic E-state index is 2.56. The average molecular weight is 519 g/mol. The molecule has 1 saturated heterocycles. The SMILES string of the molecule is C1=C2CCC3=Cc4c(ccc5ccccc45)[CH]3[Zr+2][CH]2c2ccc3ccccc3c21.[Cl-].[Cl-]. The van der Waals surface area contributed by atoms with E-state index in [0.717, 1.165) is 7.25 Å². The molecule has 4 aromatic rings. The second-order valence-electron chi connectivity index (χ2n) is 8.55.